The topological polar surface area (TPSA) is 74.6 Å². The minimum atomic E-state index is -0.138. The Labute approximate surface area is 125 Å². The molecular weight excluding hydrogens is 274 g/mol. The Morgan fingerprint density at radius 1 is 1.19 bits per heavy atom. The van der Waals surface area contributed by atoms with Crippen LogP contribution in [-0.4, -0.2) is 56.0 Å². The minimum Gasteiger partial charge on any atom is -0.382 e. The summed E-state index contributed by atoms with van der Waals surface area (Å²) >= 11 is 0. The van der Waals surface area contributed by atoms with E-state index in [9.17, 15) is 4.79 Å². The van der Waals surface area contributed by atoms with Crippen molar-refractivity contribution in [3.8, 4) is 0 Å². The first-order valence-corrected chi connectivity index (χ1v) is 7.11. The number of nitrogens with one attached hydrogen (secondary N) is 1. The summed E-state index contributed by atoms with van der Waals surface area (Å²) in [4.78, 5) is 11.8. The van der Waals surface area contributed by atoms with E-state index in [-0.39, 0.29) is 11.6 Å². The molecule has 7 heteroatoms. The molecule has 1 N–H and O–H groups in total. The third-order valence-corrected chi connectivity index (χ3v) is 2.58. The van der Waals surface area contributed by atoms with Crippen LogP contribution >= 0.6 is 0 Å². The second-order valence-corrected chi connectivity index (χ2v) is 4.82. The molecule has 0 radical (unpaired) electrons. The van der Waals surface area contributed by atoms with Crippen LogP contribution in [0.4, 0.5) is 5.69 Å². The fraction of sp³-hybridized carbons (Fsp3) is 0.714. The molecule has 0 aliphatic heterocycles. The molecule has 0 spiro atoms. The molecule has 1 aromatic rings. The molecule has 1 aromatic heterocycles. The zero-order chi connectivity index (χ0) is 15.5. The number of ether oxygens (including phenoxy) is 3. The van der Waals surface area contributed by atoms with Gasteiger partial charge in [-0.1, -0.05) is 0 Å². The van der Waals surface area contributed by atoms with Crippen molar-refractivity contribution in [2.75, 3.05) is 45.5 Å². The lowest BCUT2D eigenvalue weighted by atomic mass is 10.3. The zero-order valence-electron chi connectivity index (χ0n) is 13.0. The largest absolute Gasteiger partial charge is 0.382 e. The van der Waals surface area contributed by atoms with Gasteiger partial charge in [0.05, 0.1) is 51.5 Å². The van der Waals surface area contributed by atoms with Crippen LogP contribution in [-0.2, 0) is 20.8 Å². The number of nitrogens with zero attached hydrogens (tertiary/aromatic N) is 2. The third-order valence-electron chi connectivity index (χ3n) is 2.58. The molecule has 0 aromatic carbocycles. The molecule has 1 heterocycles. The minimum absolute atomic E-state index is 0.138. The number of hydrogen-bond donors (Lipinski definition) is 1. The zero-order valence-corrected chi connectivity index (χ0v) is 13.0. The average Bonchev–Trinajstić information content (AvgIpc) is 2.43. The smallest absolute Gasteiger partial charge is 0.268 e. The van der Waals surface area contributed by atoms with Crippen LogP contribution in [0.1, 0.15) is 13.8 Å². The van der Waals surface area contributed by atoms with Gasteiger partial charge in [0.15, 0.2) is 0 Å². The maximum atomic E-state index is 11.8. The number of hydrogen-bond acceptors (Lipinski definition) is 6. The highest BCUT2D eigenvalue weighted by atomic mass is 16.5. The van der Waals surface area contributed by atoms with E-state index < -0.39 is 0 Å². The van der Waals surface area contributed by atoms with Crippen molar-refractivity contribution in [3.05, 3.63) is 22.6 Å². The van der Waals surface area contributed by atoms with Crippen molar-refractivity contribution in [3.63, 3.8) is 0 Å². The second kappa shape index (κ2) is 10.3. The van der Waals surface area contributed by atoms with Crippen LogP contribution in [0.3, 0.4) is 0 Å². The molecule has 21 heavy (non-hydrogen) atoms. The molecule has 0 unspecified atom stereocenters. The first-order valence-electron chi connectivity index (χ1n) is 7.11. The van der Waals surface area contributed by atoms with Gasteiger partial charge in [0, 0.05) is 19.2 Å². The van der Waals surface area contributed by atoms with Crippen molar-refractivity contribution < 1.29 is 14.2 Å². The summed E-state index contributed by atoms with van der Waals surface area (Å²) in [5.41, 5.74) is 0.597. The Kier molecular flexibility index (Phi) is 8.65. The Morgan fingerprint density at radius 2 is 1.86 bits per heavy atom. The highest BCUT2D eigenvalue weighted by molar-refractivity contribution is 5.39. The van der Waals surface area contributed by atoms with Gasteiger partial charge in [-0.05, 0) is 13.8 Å². The van der Waals surface area contributed by atoms with Crippen molar-refractivity contribution in [1.29, 1.82) is 0 Å². The predicted octanol–water partition coefficient (Wildman–Crippen LogP) is 0.743. The van der Waals surface area contributed by atoms with Gasteiger partial charge in [-0.25, -0.2) is 4.68 Å². The number of aromatic nitrogens is 2. The van der Waals surface area contributed by atoms with Gasteiger partial charge >= 0.3 is 0 Å². The van der Waals surface area contributed by atoms with Crippen LogP contribution in [0.5, 0.6) is 0 Å². The standard InChI is InChI=1S/C14H25N3O4/c1-12(2)16-13-10-14(18)17(15-11-13)4-5-20-8-9-21-7-6-19-3/h10-12,16H,4-9H2,1-3H3. The van der Waals surface area contributed by atoms with Crippen LogP contribution in [0.15, 0.2) is 17.1 Å². The summed E-state index contributed by atoms with van der Waals surface area (Å²) in [5.74, 6) is 0. The van der Waals surface area contributed by atoms with Gasteiger partial charge < -0.3 is 19.5 Å². The van der Waals surface area contributed by atoms with Crippen LogP contribution in [0, 0.1) is 0 Å². The fourth-order valence-electron chi connectivity index (χ4n) is 1.63. The quantitative estimate of drug-likeness (QED) is 0.608. The molecule has 0 amide bonds. The van der Waals surface area contributed by atoms with Crippen LogP contribution < -0.4 is 10.9 Å². The number of anilines is 1. The van der Waals surface area contributed by atoms with Gasteiger partial charge in [-0.2, -0.15) is 5.10 Å². The first kappa shape index (κ1) is 17.6. The molecule has 0 saturated carbocycles. The predicted molar refractivity (Wildman–Crippen MR) is 80.8 cm³/mol. The highest BCUT2D eigenvalue weighted by Crippen LogP contribution is 2.01. The highest BCUT2D eigenvalue weighted by Gasteiger charge is 2.01. The van der Waals surface area contributed by atoms with Gasteiger partial charge in [-0.15, -0.1) is 0 Å². The molecule has 0 fully saturated rings. The fourth-order valence-corrected chi connectivity index (χ4v) is 1.63. The van der Waals surface area contributed by atoms with Crippen molar-refractivity contribution >= 4 is 5.69 Å². The van der Waals surface area contributed by atoms with E-state index in [0.717, 1.165) is 5.69 Å². The molecule has 0 aliphatic rings. The van der Waals surface area contributed by atoms with E-state index in [0.29, 0.717) is 39.6 Å². The molecule has 0 bridgehead atoms. The molecule has 1 rings (SSSR count). The summed E-state index contributed by atoms with van der Waals surface area (Å²) in [7, 11) is 1.63. The lowest BCUT2D eigenvalue weighted by Gasteiger charge is -2.10. The molecular formula is C14H25N3O4. The Morgan fingerprint density at radius 3 is 2.48 bits per heavy atom. The molecule has 0 saturated heterocycles. The third kappa shape index (κ3) is 7.79. The van der Waals surface area contributed by atoms with E-state index in [2.05, 4.69) is 10.4 Å². The van der Waals surface area contributed by atoms with Gasteiger partial charge in [0.1, 0.15) is 0 Å². The van der Waals surface area contributed by atoms with E-state index >= 15 is 0 Å². The van der Waals surface area contributed by atoms with Crippen molar-refractivity contribution in [2.24, 2.45) is 0 Å². The second-order valence-electron chi connectivity index (χ2n) is 4.82. The lowest BCUT2D eigenvalue weighted by Crippen LogP contribution is -2.25. The monoisotopic (exact) mass is 299 g/mol. The summed E-state index contributed by atoms with van der Waals surface area (Å²) < 4.78 is 16.9. The molecule has 0 atom stereocenters. The summed E-state index contributed by atoms with van der Waals surface area (Å²) in [6.07, 6.45) is 1.65. The first-order chi connectivity index (χ1) is 10.1. The Bertz CT molecular complexity index is 448. The molecule has 120 valence electrons. The lowest BCUT2D eigenvalue weighted by molar-refractivity contribution is 0.0223. The molecule has 7 nitrogen and oxygen atoms in total. The van der Waals surface area contributed by atoms with Gasteiger partial charge in [-0.3, -0.25) is 4.79 Å². The van der Waals surface area contributed by atoms with E-state index in [1.807, 2.05) is 13.8 Å². The summed E-state index contributed by atoms with van der Waals surface area (Å²) in [6.45, 7) is 7.02. The van der Waals surface area contributed by atoms with Crippen LogP contribution in [0.2, 0.25) is 0 Å². The normalized spacial score (nSPS) is 11.0. The maximum Gasteiger partial charge on any atom is 0.268 e. The summed E-state index contributed by atoms with van der Waals surface area (Å²) in [5, 5.41) is 7.24. The Balaban J connectivity index is 2.22. The average molecular weight is 299 g/mol. The maximum absolute atomic E-state index is 11.8. The van der Waals surface area contributed by atoms with E-state index in [1.54, 1.807) is 19.4 Å². The van der Waals surface area contributed by atoms with Gasteiger partial charge in [0.25, 0.3) is 5.56 Å². The van der Waals surface area contributed by atoms with Crippen LogP contribution in [0.25, 0.3) is 0 Å². The van der Waals surface area contributed by atoms with E-state index in [1.165, 1.54) is 4.68 Å². The Hall–Kier alpha value is -1.44. The number of methoxy groups -OCH3 is 1. The summed E-state index contributed by atoms with van der Waals surface area (Å²) in [6, 6.07) is 1.81. The van der Waals surface area contributed by atoms with Crippen molar-refractivity contribution in [2.45, 2.75) is 26.4 Å². The van der Waals surface area contributed by atoms with Gasteiger partial charge in [0.2, 0.25) is 0 Å². The van der Waals surface area contributed by atoms with Crippen molar-refractivity contribution in [1.82, 2.24) is 9.78 Å². The number of rotatable bonds is 11. The molecule has 0 aliphatic carbocycles. The van der Waals surface area contributed by atoms with E-state index in [4.69, 9.17) is 14.2 Å². The SMILES string of the molecule is COCCOCCOCCn1ncc(NC(C)C)cc1=O.